The lowest BCUT2D eigenvalue weighted by molar-refractivity contribution is -0.193. The summed E-state index contributed by atoms with van der Waals surface area (Å²) in [5, 5.41) is 22.0. The van der Waals surface area contributed by atoms with Gasteiger partial charge in [0.05, 0.1) is 11.7 Å². The molecule has 1 heterocycles. The quantitative estimate of drug-likeness (QED) is 0.523. The van der Waals surface area contributed by atoms with E-state index in [1.165, 1.54) is 5.57 Å². The summed E-state index contributed by atoms with van der Waals surface area (Å²) in [6, 6.07) is 0. The second kappa shape index (κ2) is 4.89. The van der Waals surface area contributed by atoms with Gasteiger partial charge in [-0.3, -0.25) is 4.79 Å². The van der Waals surface area contributed by atoms with Gasteiger partial charge in [-0.15, -0.1) is 0 Å². The third kappa shape index (κ3) is 1.74. The number of cyclic esters (lactones) is 1. The van der Waals surface area contributed by atoms with Gasteiger partial charge in [-0.2, -0.15) is 0 Å². The highest BCUT2D eigenvalue weighted by atomic mass is 16.6. The molecule has 2 N–H and O–H groups in total. The molecule has 0 aromatic rings. The first-order valence-corrected chi connectivity index (χ1v) is 10.1. The second-order valence-electron chi connectivity index (χ2n) is 9.68. The standard InChI is InChI=1S/C21H30O4/c1-12-15-7-10-21(24)17-4-3-13-11-14(22)5-8-19(13,2)16(17)6-9-20(15,21)18(23)25-12/h3,12,14-17,22,24H,4-11H2,1-2H3/t12-,14+,15-,16+,17-,19+,20-,21+/m1/s1. The van der Waals surface area contributed by atoms with Gasteiger partial charge in [0.2, 0.25) is 0 Å². The maximum absolute atomic E-state index is 12.9. The molecule has 4 aliphatic carbocycles. The van der Waals surface area contributed by atoms with Crippen molar-refractivity contribution < 1.29 is 19.7 Å². The number of carbonyl (C=O) groups excluding carboxylic acids is 1. The lowest BCUT2D eigenvalue weighted by Gasteiger charge is -2.59. The van der Waals surface area contributed by atoms with Crippen LogP contribution in [0, 0.1) is 28.6 Å². The molecule has 4 nitrogen and oxygen atoms in total. The van der Waals surface area contributed by atoms with E-state index in [1.807, 2.05) is 6.92 Å². The van der Waals surface area contributed by atoms with E-state index < -0.39 is 11.0 Å². The van der Waals surface area contributed by atoms with Crippen LogP contribution in [0.4, 0.5) is 0 Å². The fourth-order valence-electron chi connectivity index (χ4n) is 7.77. The van der Waals surface area contributed by atoms with Gasteiger partial charge in [0, 0.05) is 5.92 Å². The Bertz CT molecular complexity index is 656. The first-order chi connectivity index (χ1) is 11.8. The van der Waals surface area contributed by atoms with E-state index >= 15 is 0 Å². The number of aliphatic hydroxyl groups excluding tert-OH is 1. The SMILES string of the molecule is C[C@H]1OC(=O)[C@]23CC[C@H]4[C@@H](CC=C5C[C@@H](O)CC[C@@]54C)[C@@]2(O)CC[C@H]13. The minimum Gasteiger partial charge on any atom is -0.462 e. The molecule has 8 atom stereocenters. The van der Waals surface area contributed by atoms with Crippen molar-refractivity contribution in [3.05, 3.63) is 11.6 Å². The molecule has 138 valence electrons. The summed E-state index contributed by atoms with van der Waals surface area (Å²) < 4.78 is 5.63. The maximum Gasteiger partial charge on any atom is 0.315 e. The minimum absolute atomic E-state index is 0.0619. The molecule has 0 bridgehead atoms. The summed E-state index contributed by atoms with van der Waals surface area (Å²) >= 11 is 0. The van der Waals surface area contributed by atoms with Gasteiger partial charge in [0.25, 0.3) is 0 Å². The molecule has 0 amide bonds. The first kappa shape index (κ1) is 16.3. The van der Waals surface area contributed by atoms with Gasteiger partial charge < -0.3 is 14.9 Å². The molecule has 5 aliphatic rings. The zero-order valence-corrected chi connectivity index (χ0v) is 15.3. The van der Waals surface area contributed by atoms with Crippen LogP contribution in [0.5, 0.6) is 0 Å². The van der Waals surface area contributed by atoms with Crippen molar-refractivity contribution in [3.63, 3.8) is 0 Å². The Balaban J connectivity index is 1.58. The Kier molecular flexibility index (Phi) is 3.19. The van der Waals surface area contributed by atoms with E-state index in [2.05, 4.69) is 13.0 Å². The van der Waals surface area contributed by atoms with E-state index in [-0.39, 0.29) is 35.4 Å². The molecule has 1 saturated heterocycles. The van der Waals surface area contributed by atoms with E-state index in [0.29, 0.717) is 5.92 Å². The molecule has 4 fully saturated rings. The number of carbonyl (C=O) groups is 1. The van der Waals surface area contributed by atoms with Crippen LogP contribution < -0.4 is 0 Å². The first-order valence-electron chi connectivity index (χ1n) is 10.1. The van der Waals surface area contributed by atoms with Crippen molar-refractivity contribution in [2.24, 2.45) is 28.6 Å². The number of aliphatic hydroxyl groups is 2. The van der Waals surface area contributed by atoms with Crippen LogP contribution in [0.15, 0.2) is 11.6 Å². The number of allylic oxidation sites excluding steroid dienone is 1. The summed E-state index contributed by atoms with van der Waals surface area (Å²) in [6.45, 7) is 4.34. The van der Waals surface area contributed by atoms with Crippen molar-refractivity contribution in [2.75, 3.05) is 0 Å². The second-order valence-corrected chi connectivity index (χ2v) is 9.68. The largest absolute Gasteiger partial charge is 0.462 e. The van der Waals surface area contributed by atoms with E-state index in [1.54, 1.807) is 0 Å². The van der Waals surface area contributed by atoms with Crippen LogP contribution in [0.2, 0.25) is 0 Å². The Morgan fingerprint density at radius 2 is 1.88 bits per heavy atom. The van der Waals surface area contributed by atoms with Crippen LogP contribution in [-0.2, 0) is 9.53 Å². The third-order valence-corrected chi connectivity index (χ3v) is 9.04. The van der Waals surface area contributed by atoms with E-state index in [9.17, 15) is 15.0 Å². The van der Waals surface area contributed by atoms with Gasteiger partial charge in [0.1, 0.15) is 11.5 Å². The number of hydrogen-bond acceptors (Lipinski definition) is 4. The van der Waals surface area contributed by atoms with Crippen LogP contribution in [0.25, 0.3) is 0 Å². The van der Waals surface area contributed by atoms with Crippen molar-refractivity contribution >= 4 is 5.97 Å². The number of hydrogen-bond donors (Lipinski definition) is 2. The van der Waals surface area contributed by atoms with Crippen molar-refractivity contribution in [3.8, 4) is 0 Å². The van der Waals surface area contributed by atoms with Crippen LogP contribution in [-0.4, -0.2) is 34.0 Å². The van der Waals surface area contributed by atoms with Gasteiger partial charge >= 0.3 is 5.97 Å². The highest BCUT2D eigenvalue weighted by Crippen LogP contribution is 2.70. The van der Waals surface area contributed by atoms with Crippen molar-refractivity contribution in [1.29, 1.82) is 0 Å². The Morgan fingerprint density at radius 1 is 1.12 bits per heavy atom. The number of rotatable bonds is 0. The lowest BCUT2D eigenvalue weighted by atomic mass is 9.45. The highest BCUT2D eigenvalue weighted by Gasteiger charge is 2.75. The van der Waals surface area contributed by atoms with E-state index in [4.69, 9.17) is 4.74 Å². The summed E-state index contributed by atoms with van der Waals surface area (Å²) in [5.41, 5.74) is -0.109. The lowest BCUT2D eigenvalue weighted by Crippen LogP contribution is -2.62. The molecule has 0 aromatic heterocycles. The summed E-state index contributed by atoms with van der Waals surface area (Å²) in [5.74, 6) is 0.603. The van der Waals surface area contributed by atoms with Gasteiger partial charge in [-0.05, 0) is 75.5 Å². The molecular formula is C21H30O4. The fraction of sp³-hybridized carbons (Fsp3) is 0.857. The van der Waals surface area contributed by atoms with Crippen LogP contribution >= 0.6 is 0 Å². The fourth-order valence-corrected chi connectivity index (χ4v) is 7.77. The third-order valence-electron chi connectivity index (χ3n) is 9.04. The molecule has 1 spiro atoms. The normalized spacial score (nSPS) is 57.0. The molecule has 1 aliphatic heterocycles. The van der Waals surface area contributed by atoms with Crippen LogP contribution in [0.3, 0.4) is 0 Å². The Labute approximate surface area is 149 Å². The Hall–Kier alpha value is -0.870. The van der Waals surface area contributed by atoms with Gasteiger partial charge in [-0.1, -0.05) is 18.6 Å². The predicted octanol–water partition coefficient (Wildman–Crippen LogP) is 2.97. The highest BCUT2D eigenvalue weighted by molar-refractivity contribution is 5.82. The molecule has 0 aromatic carbocycles. The average molecular weight is 346 g/mol. The minimum atomic E-state index is -0.913. The maximum atomic E-state index is 12.9. The van der Waals surface area contributed by atoms with E-state index in [0.717, 1.165) is 51.4 Å². The van der Waals surface area contributed by atoms with Crippen molar-refractivity contribution in [2.45, 2.75) is 83.0 Å². The topological polar surface area (TPSA) is 66.8 Å². The molecular weight excluding hydrogens is 316 g/mol. The summed E-state index contributed by atoms with van der Waals surface area (Å²) in [7, 11) is 0. The molecule has 0 unspecified atom stereocenters. The van der Waals surface area contributed by atoms with Crippen LogP contribution in [0.1, 0.15) is 65.2 Å². The monoisotopic (exact) mass is 346 g/mol. The smallest absolute Gasteiger partial charge is 0.315 e. The predicted molar refractivity (Wildman–Crippen MR) is 92.5 cm³/mol. The van der Waals surface area contributed by atoms with Gasteiger partial charge in [0.15, 0.2) is 0 Å². The molecule has 4 heteroatoms. The average Bonchev–Trinajstić information content (AvgIpc) is 3.01. The molecule has 0 radical (unpaired) electrons. The number of ether oxygens (including phenoxy) is 1. The summed E-state index contributed by atoms with van der Waals surface area (Å²) in [6.07, 6.45) is 8.88. The molecule has 5 rings (SSSR count). The number of esters is 1. The zero-order chi connectivity index (χ0) is 17.6. The van der Waals surface area contributed by atoms with Gasteiger partial charge in [-0.25, -0.2) is 0 Å². The van der Waals surface area contributed by atoms with Crippen molar-refractivity contribution in [1.82, 2.24) is 0 Å². The number of fused-ring (bicyclic) bond motifs is 4. The summed E-state index contributed by atoms with van der Waals surface area (Å²) in [4.78, 5) is 12.9. The molecule has 25 heavy (non-hydrogen) atoms. The molecule has 3 saturated carbocycles. The zero-order valence-electron chi connectivity index (χ0n) is 15.3. The Morgan fingerprint density at radius 3 is 2.68 bits per heavy atom.